The molecule has 1 aromatic carbocycles. The van der Waals surface area contributed by atoms with Gasteiger partial charge in [-0.25, -0.2) is 8.42 Å². The molecule has 0 aliphatic rings. The van der Waals surface area contributed by atoms with Gasteiger partial charge in [0.05, 0.1) is 20.6 Å². The van der Waals surface area contributed by atoms with Crippen LogP contribution in [0.15, 0.2) is 41.6 Å². The van der Waals surface area contributed by atoms with Crippen molar-refractivity contribution in [3.05, 3.63) is 52.3 Å². The van der Waals surface area contributed by atoms with Gasteiger partial charge in [0.2, 0.25) is 0 Å². The van der Waals surface area contributed by atoms with Crippen LogP contribution in [0.4, 0.5) is 5.69 Å². The number of halogens is 3. The van der Waals surface area contributed by atoms with E-state index in [0.717, 1.165) is 12.1 Å². The van der Waals surface area contributed by atoms with E-state index in [9.17, 15) is 13.2 Å². The van der Waals surface area contributed by atoms with E-state index < -0.39 is 15.0 Å². The highest BCUT2D eigenvalue weighted by Crippen LogP contribution is 2.34. The Morgan fingerprint density at radius 3 is 2.10 bits per heavy atom. The molecule has 0 unspecified atom stereocenters. The van der Waals surface area contributed by atoms with E-state index in [0.29, 0.717) is 5.56 Å². The quantitative estimate of drug-likeness (QED) is 0.844. The van der Waals surface area contributed by atoms with Crippen molar-refractivity contribution in [1.29, 1.82) is 0 Å². The molecule has 1 aromatic heterocycles. The summed E-state index contributed by atoms with van der Waals surface area (Å²) in [7, 11) is 1.25. The highest BCUT2D eigenvalue weighted by molar-refractivity contribution is 8.13. The first-order valence-electron chi connectivity index (χ1n) is 5.44. The number of rotatable bonds is 3. The standard InChI is InChI=1S/C12H7Cl3N2O3S/c13-9-5-8(21(15,19)20)6-10(14)11(9)17-12(18)7-1-3-16-4-2-7/h1-6H,(H,17,18). The molecule has 0 radical (unpaired) electrons. The fourth-order valence-electron chi connectivity index (χ4n) is 1.50. The van der Waals surface area contributed by atoms with E-state index in [4.69, 9.17) is 33.9 Å². The highest BCUT2D eigenvalue weighted by atomic mass is 35.7. The molecule has 2 rings (SSSR count). The first-order valence-corrected chi connectivity index (χ1v) is 8.50. The third-order valence-electron chi connectivity index (χ3n) is 2.48. The number of hydrogen-bond acceptors (Lipinski definition) is 4. The lowest BCUT2D eigenvalue weighted by Gasteiger charge is -2.10. The topological polar surface area (TPSA) is 76.1 Å². The van der Waals surface area contributed by atoms with Crippen LogP contribution in [0, 0.1) is 0 Å². The van der Waals surface area contributed by atoms with Gasteiger partial charge < -0.3 is 5.32 Å². The summed E-state index contributed by atoms with van der Waals surface area (Å²) in [5.74, 6) is -0.456. The van der Waals surface area contributed by atoms with Crippen LogP contribution in [0.25, 0.3) is 0 Å². The zero-order chi connectivity index (χ0) is 15.6. The van der Waals surface area contributed by atoms with Crippen molar-refractivity contribution >= 4 is 54.5 Å². The molecule has 0 saturated carbocycles. The third kappa shape index (κ3) is 3.85. The number of pyridine rings is 1. The largest absolute Gasteiger partial charge is 0.319 e. The van der Waals surface area contributed by atoms with Crippen LogP contribution in [-0.2, 0) is 9.05 Å². The predicted octanol–water partition coefficient (Wildman–Crippen LogP) is 3.57. The molecule has 1 N–H and O–H groups in total. The molecule has 1 heterocycles. The van der Waals surface area contributed by atoms with Crippen LogP contribution in [-0.4, -0.2) is 19.3 Å². The summed E-state index contributed by atoms with van der Waals surface area (Å²) in [6, 6.07) is 5.24. The molecule has 0 aliphatic carbocycles. The van der Waals surface area contributed by atoms with Gasteiger partial charge in [-0.2, -0.15) is 0 Å². The predicted molar refractivity (Wildman–Crippen MR) is 81.7 cm³/mol. The number of aromatic nitrogens is 1. The van der Waals surface area contributed by atoms with Crippen molar-refractivity contribution in [2.24, 2.45) is 0 Å². The zero-order valence-electron chi connectivity index (χ0n) is 10.2. The second-order valence-corrected chi connectivity index (χ2v) is 7.27. The number of amides is 1. The Hall–Kier alpha value is -1.34. The van der Waals surface area contributed by atoms with Gasteiger partial charge in [-0.3, -0.25) is 9.78 Å². The van der Waals surface area contributed by atoms with Crippen LogP contribution >= 0.6 is 33.9 Å². The molecule has 110 valence electrons. The van der Waals surface area contributed by atoms with Crippen molar-refractivity contribution < 1.29 is 13.2 Å². The number of nitrogens with one attached hydrogen (secondary N) is 1. The molecule has 0 spiro atoms. The molecule has 0 bridgehead atoms. The van der Waals surface area contributed by atoms with Crippen LogP contribution in [0.2, 0.25) is 10.0 Å². The van der Waals surface area contributed by atoms with Gasteiger partial charge in [-0.1, -0.05) is 23.2 Å². The second kappa shape index (κ2) is 6.19. The molecule has 5 nitrogen and oxygen atoms in total. The molecule has 21 heavy (non-hydrogen) atoms. The SMILES string of the molecule is O=C(Nc1c(Cl)cc(S(=O)(=O)Cl)cc1Cl)c1ccncc1. The van der Waals surface area contributed by atoms with E-state index in [2.05, 4.69) is 10.3 Å². The summed E-state index contributed by atoms with van der Waals surface area (Å²) in [4.78, 5) is 15.5. The van der Waals surface area contributed by atoms with Gasteiger partial charge in [0, 0.05) is 28.6 Å². The van der Waals surface area contributed by atoms with Crippen LogP contribution in [0.5, 0.6) is 0 Å². The van der Waals surface area contributed by atoms with Crippen molar-refractivity contribution in [2.75, 3.05) is 5.32 Å². The van der Waals surface area contributed by atoms with Gasteiger partial charge in [0.1, 0.15) is 0 Å². The van der Waals surface area contributed by atoms with E-state index >= 15 is 0 Å². The average molecular weight is 366 g/mol. The summed E-state index contributed by atoms with van der Waals surface area (Å²) in [5.41, 5.74) is 0.454. The number of hydrogen-bond donors (Lipinski definition) is 1. The first-order chi connectivity index (χ1) is 9.79. The summed E-state index contributed by atoms with van der Waals surface area (Å²) in [6.07, 6.45) is 2.92. The fraction of sp³-hybridized carbons (Fsp3) is 0. The van der Waals surface area contributed by atoms with E-state index in [1.54, 1.807) is 0 Å². The molecule has 2 aromatic rings. The highest BCUT2D eigenvalue weighted by Gasteiger charge is 2.17. The molecule has 0 saturated heterocycles. The summed E-state index contributed by atoms with van der Waals surface area (Å²) < 4.78 is 22.5. The second-order valence-electron chi connectivity index (χ2n) is 3.89. The monoisotopic (exact) mass is 364 g/mol. The number of nitrogens with zero attached hydrogens (tertiary/aromatic N) is 1. The van der Waals surface area contributed by atoms with Gasteiger partial charge >= 0.3 is 0 Å². The summed E-state index contributed by atoms with van der Waals surface area (Å²) in [6.45, 7) is 0. The van der Waals surface area contributed by atoms with Crippen molar-refractivity contribution in [3.63, 3.8) is 0 Å². The van der Waals surface area contributed by atoms with Crippen molar-refractivity contribution in [1.82, 2.24) is 4.98 Å². The summed E-state index contributed by atoms with van der Waals surface area (Å²) in [5, 5.41) is 2.43. The molecular weight excluding hydrogens is 359 g/mol. The maximum atomic E-state index is 12.0. The first kappa shape index (κ1) is 16.0. The van der Waals surface area contributed by atoms with Crippen LogP contribution < -0.4 is 5.32 Å². The maximum Gasteiger partial charge on any atom is 0.261 e. The van der Waals surface area contributed by atoms with E-state index in [1.807, 2.05) is 0 Å². The smallest absolute Gasteiger partial charge is 0.261 e. The minimum absolute atomic E-state index is 0.0378. The lowest BCUT2D eigenvalue weighted by Crippen LogP contribution is -2.12. The Balaban J connectivity index is 2.36. The lowest BCUT2D eigenvalue weighted by atomic mass is 10.2. The number of anilines is 1. The average Bonchev–Trinajstić information content (AvgIpc) is 2.42. The number of carbonyl (C=O) groups excluding carboxylic acids is 1. The molecule has 0 fully saturated rings. The third-order valence-corrected chi connectivity index (χ3v) is 4.41. The minimum atomic E-state index is -3.96. The van der Waals surface area contributed by atoms with Gasteiger partial charge in [0.15, 0.2) is 0 Å². The lowest BCUT2D eigenvalue weighted by molar-refractivity contribution is 0.102. The van der Waals surface area contributed by atoms with E-state index in [1.165, 1.54) is 24.5 Å². The van der Waals surface area contributed by atoms with Gasteiger partial charge in [-0.05, 0) is 24.3 Å². The number of carbonyl (C=O) groups is 1. The summed E-state index contributed by atoms with van der Waals surface area (Å²) >= 11 is 11.9. The molecular formula is C12H7Cl3N2O3S. The Kier molecular flexibility index (Phi) is 4.73. The fourth-order valence-corrected chi connectivity index (χ4v) is 2.99. The maximum absolute atomic E-state index is 12.0. The van der Waals surface area contributed by atoms with E-state index in [-0.39, 0.29) is 20.6 Å². The molecule has 9 heteroatoms. The van der Waals surface area contributed by atoms with Crippen molar-refractivity contribution in [3.8, 4) is 0 Å². The Bertz CT molecular complexity index is 772. The normalized spacial score (nSPS) is 11.2. The van der Waals surface area contributed by atoms with Crippen molar-refractivity contribution in [2.45, 2.75) is 4.90 Å². The molecule has 0 aliphatic heterocycles. The zero-order valence-corrected chi connectivity index (χ0v) is 13.3. The Morgan fingerprint density at radius 1 is 1.10 bits per heavy atom. The molecule has 1 amide bonds. The van der Waals surface area contributed by atoms with Gasteiger partial charge in [0.25, 0.3) is 15.0 Å². The van der Waals surface area contributed by atoms with Gasteiger partial charge in [-0.15, -0.1) is 0 Å². The van der Waals surface area contributed by atoms with Crippen LogP contribution in [0.1, 0.15) is 10.4 Å². The number of benzene rings is 1. The van der Waals surface area contributed by atoms with Crippen LogP contribution in [0.3, 0.4) is 0 Å². The minimum Gasteiger partial charge on any atom is -0.319 e. The Labute approximate surface area is 135 Å². The Morgan fingerprint density at radius 2 is 1.62 bits per heavy atom. The molecule has 0 atom stereocenters.